The lowest BCUT2D eigenvalue weighted by Crippen LogP contribution is -2.55. The topological polar surface area (TPSA) is 84.9 Å². The van der Waals surface area contributed by atoms with E-state index in [1.54, 1.807) is 11.9 Å². The number of likely N-dealkylation sites (tertiary alicyclic amines) is 2. The van der Waals surface area contributed by atoms with E-state index in [9.17, 15) is 14.7 Å². The molecule has 234 valence electrons. The molecule has 1 atom stereocenters. The zero-order valence-electron chi connectivity index (χ0n) is 25.8. The molecule has 2 heterocycles. The molecule has 3 N–H and O–H groups in total. The maximum Gasteiger partial charge on any atom is 0.317 e. The Labute approximate surface area is 266 Å². The molecule has 0 aliphatic carbocycles. The minimum Gasteiger partial charge on any atom is -0.385 e. The van der Waals surface area contributed by atoms with Gasteiger partial charge in [-0.2, -0.15) is 0 Å². The van der Waals surface area contributed by atoms with E-state index in [-0.39, 0.29) is 29.4 Å². The summed E-state index contributed by atoms with van der Waals surface area (Å²) in [7, 11) is 1.64. The van der Waals surface area contributed by atoms with E-state index in [0.717, 1.165) is 18.4 Å². The van der Waals surface area contributed by atoms with Crippen LogP contribution < -0.4 is 10.6 Å². The second kappa shape index (κ2) is 14.1. The number of aliphatic hydroxyl groups is 1. The number of piperidine rings is 2. The normalized spacial score (nSPS) is 18.4. The van der Waals surface area contributed by atoms with E-state index >= 15 is 0 Å². The van der Waals surface area contributed by atoms with Crippen LogP contribution in [-0.4, -0.2) is 66.2 Å². The van der Waals surface area contributed by atoms with Crippen molar-refractivity contribution in [2.24, 2.45) is 5.92 Å². The summed E-state index contributed by atoms with van der Waals surface area (Å²) in [6.07, 6.45) is 3.84. The van der Waals surface area contributed by atoms with Crippen molar-refractivity contribution in [3.05, 3.63) is 107 Å². The van der Waals surface area contributed by atoms with Crippen LogP contribution in [0.1, 0.15) is 62.1 Å². The van der Waals surface area contributed by atoms with Crippen molar-refractivity contribution in [2.45, 2.75) is 62.6 Å². The van der Waals surface area contributed by atoms with Gasteiger partial charge in [-0.3, -0.25) is 9.69 Å². The number of amides is 3. The number of nitrogens with one attached hydrogen (secondary N) is 2. The zero-order chi connectivity index (χ0) is 31.2. The van der Waals surface area contributed by atoms with Crippen LogP contribution >= 0.6 is 11.6 Å². The zero-order valence-corrected chi connectivity index (χ0v) is 26.6. The van der Waals surface area contributed by atoms with Crippen LogP contribution in [0.3, 0.4) is 0 Å². The highest BCUT2D eigenvalue weighted by Crippen LogP contribution is 2.38. The second-order valence-electron chi connectivity index (χ2n) is 12.5. The molecule has 0 bridgehead atoms. The number of rotatable bonds is 9. The molecule has 1 unspecified atom stereocenters. The molecule has 2 aliphatic heterocycles. The van der Waals surface area contributed by atoms with E-state index in [1.165, 1.54) is 11.1 Å². The van der Waals surface area contributed by atoms with Crippen molar-refractivity contribution in [1.29, 1.82) is 0 Å². The van der Waals surface area contributed by atoms with E-state index < -0.39 is 5.60 Å². The third-order valence-electron chi connectivity index (χ3n) is 9.86. The van der Waals surface area contributed by atoms with Gasteiger partial charge in [-0.05, 0) is 67.3 Å². The highest BCUT2D eigenvalue weighted by Gasteiger charge is 2.38. The number of hydrogen-bond donors (Lipinski definition) is 3. The molecule has 3 aromatic rings. The van der Waals surface area contributed by atoms with Crippen molar-refractivity contribution >= 4 is 23.5 Å². The molecular formula is C36H45ClN4O3. The Hall–Kier alpha value is -3.39. The van der Waals surface area contributed by atoms with Gasteiger partial charge in [-0.1, -0.05) is 91.3 Å². The van der Waals surface area contributed by atoms with Gasteiger partial charge in [0, 0.05) is 49.6 Å². The van der Waals surface area contributed by atoms with Crippen molar-refractivity contribution < 1.29 is 14.7 Å². The van der Waals surface area contributed by atoms with Gasteiger partial charge in [0.25, 0.3) is 0 Å². The minimum atomic E-state index is -0.926. The summed E-state index contributed by atoms with van der Waals surface area (Å²) in [5, 5.41) is 18.3. The fraction of sp³-hybridized carbons (Fsp3) is 0.444. The summed E-state index contributed by atoms with van der Waals surface area (Å²) in [5.74, 6) is -0.0879. The van der Waals surface area contributed by atoms with Crippen LogP contribution in [-0.2, 0) is 15.8 Å². The first-order chi connectivity index (χ1) is 21.2. The summed E-state index contributed by atoms with van der Waals surface area (Å²) in [4.78, 5) is 29.9. The lowest BCUT2D eigenvalue weighted by Gasteiger charge is -2.43. The van der Waals surface area contributed by atoms with E-state index in [0.29, 0.717) is 56.9 Å². The molecule has 2 fully saturated rings. The van der Waals surface area contributed by atoms with Crippen LogP contribution in [0.15, 0.2) is 84.9 Å². The highest BCUT2D eigenvalue weighted by molar-refractivity contribution is 6.30. The van der Waals surface area contributed by atoms with Gasteiger partial charge in [0.15, 0.2) is 0 Å². The molecule has 0 aromatic heterocycles. The minimum absolute atomic E-state index is 0.0474. The Morgan fingerprint density at radius 3 is 1.98 bits per heavy atom. The molecule has 2 aliphatic rings. The number of benzene rings is 3. The Kier molecular flexibility index (Phi) is 10.3. The Morgan fingerprint density at radius 2 is 1.45 bits per heavy atom. The SMILES string of the molecule is CNC(=O)N1CCC(C(=O)NC(CCC(C)(c2ccccc2)c2ccccc2)N2CCC(O)(c3ccc(Cl)cc3)CC2)CC1. The van der Waals surface area contributed by atoms with Crippen LogP contribution in [0, 0.1) is 5.92 Å². The fourth-order valence-corrected chi connectivity index (χ4v) is 7.00. The van der Waals surface area contributed by atoms with Crippen molar-refractivity contribution in [1.82, 2.24) is 20.4 Å². The first kappa shape index (κ1) is 32.0. The molecule has 44 heavy (non-hydrogen) atoms. The predicted octanol–water partition coefficient (Wildman–Crippen LogP) is 5.90. The van der Waals surface area contributed by atoms with Crippen molar-refractivity contribution in [3.63, 3.8) is 0 Å². The molecule has 5 rings (SSSR count). The van der Waals surface area contributed by atoms with Gasteiger partial charge >= 0.3 is 6.03 Å². The van der Waals surface area contributed by atoms with Crippen LogP contribution in [0.25, 0.3) is 0 Å². The first-order valence-electron chi connectivity index (χ1n) is 15.8. The summed E-state index contributed by atoms with van der Waals surface area (Å²) >= 11 is 6.11. The fourth-order valence-electron chi connectivity index (χ4n) is 6.88. The Bertz CT molecular complexity index is 1330. The second-order valence-corrected chi connectivity index (χ2v) is 13.0. The number of halogens is 1. The van der Waals surface area contributed by atoms with Crippen molar-refractivity contribution in [2.75, 3.05) is 33.2 Å². The Balaban J connectivity index is 1.34. The third-order valence-corrected chi connectivity index (χ3v) is 10.1. The average Bonchev–Trinajstić information content (AvgIpc) is 3.07. The van der Waals surface area contributed by atoms with Gasteiger partial charge in [-0.15, -0.1) is 0 Å². The molecule has 0 radical (unpaired) electrons. The molecule has 2 saturated heterocycles. The van der Waals surface area contributed by atoms with Gasteiger partial charge < -0.3 is 20.6 Å². The first-order valence-corrected chi connectivity index (χ1v) is 16.2. The highest BCUT2D eigenvalue weighted by atomic mass is 35.5. The monoisotopic (exact) mass is 616 g/mol. The van der Waals surface area contributed by atoms with Crippen LogP contribution in [0.5, 0.6) is 0 Å². The number of carbonyl (C=O) groups excluding carboxylic acids is 2. The van der Waals surface area contributed by atoms with E-state index in [2.05, 4.69) is 71.0 Å². The molecule has 0 saturated carbocycles. The Morgan fingerprint density at radius 1 is 0.909 bits per heavy atom. The molecule has 3 amide bonds. The lowest BCUT2D eigenvalue weighted by molar-refractivity contribution is -0.129. The lowest BCUT2D eigenvalue weighted by atomic mass is 9.72. The van der Waals surface area contributed by atoms with Crippen LogP contribution in [0.4, 0.5) is 4.79 Å². The molecule has 3 aromatic carbocycles. The van der Waals surface area contributed by atoms with Crippen molar-refractivity contribution in [3.8, 4) is 0 Å². The van der Waals surface area contributed by atoms with E-state index in [1.807, 2.05) is 36.4 Å². The quantitative estimate of drug-likeness (QED) is 0.279. The molecule has 0 spiro atoms. The summed E-state index contributed by atoms with van der Waals surface area (Å²) in [6.45, 7) is 4.75. The predicted molar refractivity (Wildman–Crippen MR) is 175 cm³/mol. The smallest absolute Gasteiger partial charge is 0.317 e. The summed E-state index contributed by atoms with van der Waals surface area (Å²) < 4.78 is 0. The maximum atomic E-state index is 13.7. The number of nitrogens with zero attached hydrogens (tertiary/aromatic N) is 2. The molecular weight excluding hydrogens is 572 g/mol. The molecule has 7 nitrogen and oxygen atoms in total. The van der Waals surface area contributed by atoms with E-state index in [4.69, 9.17) is 11.6 Å². The number of hydrogen-bond acceptors (Lipinski definition) is 4. The third kappa shape index (κ3) is 7.28. The standard InChI is InChI=1S/C36H45ClN4O3/c1-35(28-9-5-3-6-10-28,29-11-7-4-8-12-29)20-17-32(39-33(42)27-18-23-41(24-19-27)34(43)38-2)40-25-21-36(44,22-26-40)30-13-15-31(37)16-14-30/h3-16,27,32,44H,17-26H2,1-2H3,(H,38,43)(H,39,42). The summed E-state index contributed by atoms with van der Waals surface area (Å²) in [6, 6.07) is 28.6. The number of carbonyl (C=O) groups is 2. The van der Waals surface area contributed by atoms with Gasteiger partial charge in [-0.25, -0.2) is 4.79 Å². The van der Waals surface area contributed by atoms with Gasteiger partial charge in [0.2, 0.25) is 5.91 Å². The van der Waals surface area contributed by atoms with Gasteiger partial charge in [0.1, 0.15) is 0 Å². The molecule has 8 heteroatoms. The summed E-state index contributed by atoms with van der Waals surface area (Å²) in [5.41, 5.74) is 2.20. The number of urea groups is 1. The maximum absolute atomic E-state index is 13.7. The van der Waals surface area contributed by atoms with Crippen LogP contribution in [0.2, 0.25) is 5.02 Å². The average molecular weight is 617 g/mol. The largest absolute Gasteiger partial charge is 0.385 e. The van der Waals surface area contributed by atoms with Gasteiger partial charge in [0.05, 0.1) is 11.8 Å².